The van der Waals surface area contributed by atoms with Crippen molar-refractivity contribution in [2.24, 2.45) is 0 Å². The summed E-state index contributed by atoms with van der Waals surface area (Å²) >= 11 is 3.70. The second kappa shape index (κ2) is 11.2. The van der Waals surface area contributed by atoms with Crippen LogP contribution in [-0.2, 0) is 0 Å². The average Bonchev–Trinajstić information content (AvgIpc) is 3.85. The Morgan fingerprint density at radius 2 is 0.824 bits per heavy atom. The number of nitrogens with zero attached hydrogens (tertiary/aromatic N) is 4. The van der Waals surface area contributed by atoms with Gasteiger partial charge in [-0.3, -0.25) is 0 Å². The van der Waals surface area contributed by atoms with Crippen LogP contribution in [0.5, 0.6) is 0 Å². The molecule has 11 aromatic rings. The van der Waals surface area contributed by atoms with Gasteiger partial charge in [0.15, 0.2) is 17.5 Å². The monoisotopic (exact) mass is 686 g/mol. The zero-order valence-electron chi connectivity index (χ0n) is 27.1. The summed E-state index contributed by atoms with van der Waals surface area (Å²) in [7, 11) is 0. The highest BCUT2D eigenvalue weighted by atomic mass is 32.1. The minimum atomic E-state index is 0.670. The highest BCUT2D eigenvalue weighted by molar-refractivity contribution is 7.27. The molecule has 0 saturated heterocycles. The van der Waals surface area contributed by atoms with Crippen LogP contribution in [0.2, 0.25) is 0 Å². The summed E-state index contributed by atoms with van der Waals surface area (Å²) < 4.78 is 7.51. The van der Waals surface area contributed by atoms with Gasteiger partial charge in [0.2, 0.25) is 0 Å². The first kappa shape index (κ1) is 28.6. The number of aromatic nitrogens is 4. The van der Waals surface area contributed by atoms with Crippen molar-refractivity contribution in [1.82, 2.24) is 19.5 Å². The van der Waals surface area contributed by atoms with Crippen molar-refractivity contribution in [1.29, 1.82) is 0 Å². The SMILES string of the molecule is c1ccc(-c2nc(-c3ccccc3)nc(-c3ccc4c(c3)sc3cc5c(cc34)sc3ccc(-n4c6ccccc6c6ccccc64)cc35)n2)cc1. The molecule has 0 unspecified atom stereocenters. The van der Waals surface area contributed by atoms with Crippen LogP contribution in [0, 0.1) is 0 Å². The first-order valence-corrected chi connectivity index (χ1v) is 18.6. The summed E-state index contributed by atoms with van der Waals surface area (Å²) in [6.07, 6.45) is 0. The molecule has 7 aromatic carbocycles. The molecule has 0 amide bonds. The molecule has 0 fully saturated rings. The number of hydrogen-bond donors (Lipinski definition) is 0. The fraction of sp³-hybridized carbons (Fsp3) is 0. The van der Waals surface area contributed by atoms with E-state index in [4.69, 9.17) is 15.0 Å². The fourth-order valence-electron chi connectivity index (χ4n) is 7.45. The van der Waals surface area contributed by atoms with Crippen LogP contribution in [0.15, 0.2) is 158 Å². The number of para-hydroxylation sites is 2. The number of hydrogen-bond acceptors (Lipinski definition) is 5. The number of benzene rings is 7. The Bertz CT molecular complexity index is 3030. The van der Waals surface area contributed by atoms with E-state index in [9.17, 15) is 0 Å². The van der Waals surface area contributed by atoms with Crippen molar-refractivity contribution in [3.05, 3.63) is 158 Å². The highest BCUT2D eigenvalue weighted by Crippen LogP contribution is 2.43. The summed E-state index contributed by atoms with van der Waals surface area (Å²) in [5, 5.41) is 7.69. The molecule has 4 nitrogen and oxygen atoms in total. The van der Waals surface area contributed by atoms with E-state index in [1.165, 1.54) is 67.8 Å². The maximum absolute atomic E-state index is 4.98. The minimum Gasteiger partial charge on any atom is -0.309 e. The fourth-order valence-corrected chi connectivity index (χ4v) is 9.72. The lowest BCUT2D eigenvalue weighted by molar-refractivity contribution is 1.07. The molecule has 0 saturated carbocycles. The number of fused-ring (bicyclic) bond motifs is 9. The normalized spacial score (nSPS) is 11.9. The maximum Gasteiger partial charge on any atom is 0.164 e. The number of thiophene rings is 2. The lowest BCUT2D eigenvalue weighted by atomic mass is 10.1. The third-order valence-electron chi connectivity index (χ3n) is 9.84. The summed E-state index contributed by atoms with van der Waals surface area (Å²) in [4.78, 5) is 14.8. The summed E-state index contributed by atoms with van der Waals surface area (Å²) in [6, 6.07) is 56.0. The molecule has 238 valence electrons. The average molecular weight is 687 g/mol. The van der Waals surface area contributed by atoms with E-state index in [-0.39, 0.29) is 0 Å². The lowest BCUT2D eigenvalue weighted by Crippen LogP contribution is -1.99. The van der Waals surface area contributed by atoms with E-state index in [0.29, 0.717) is 17.5 Å². The van der Waals surface area contributed by atoms with Gasteiger partial charge in [-0.2, -0.15) is 0 Å². The topological polar surface area (TPSA) is 43.6 Å². The van der Waals surface area contributed by atoms with Crippen LogP contribution >= 0.6 is 22.7 Å². The van der Waals surface area contributed by atoms with Gasteiger partial charge in [-0.1, -0.05) is 109 Å². The van der Waals surface area contributed by atoms with Gasteiger partial charge in [-0.05, 0) is 48.5 Å². The van der Waals surface area contributed by atoms with Gasteiger partial charge in [-0.15, -0.1) is 22.7 Å². The third kappa shape index (κ3) is 4.54. The molecule has 0 N–H and O–H groups in total. The standard InChI is InChI=1S/C45H26N4S2/c1-3-11-27(12-4-1)43-46-44(28-13-5-2-6-14-28)48-45(47-43)29-19-21-33-35-25-42-36(26-41(35)51-40(33)23-29)34-24-30(20-22-39(34)50-42)49-37-17-9-7-15-31(37)32-16-8-10-18-38(32)49/h1-26H. The third-order valence-corrected chi connectivity index (χ3v) is 12.1. The van der Waals surface area contributed by atoms with E-state index >= 15 is 0 Å². The molecular weight excluding hydrogens is 661 g/mol. The Hall–Kier alpha value is -6.21. The Labute approximate surface area is 300 Å². The van der Waals surface area contributed by atoms with E-state index in [0.717, 1.165) is 16.7 Å². The van der Waals surface area contributed by atoms with E-state index < -0.39 is 0 Å². The Kier molecular flexibility index (Phi) is 6.26. The van der Waals surface area contributed by atoms with Crippen LogP contribution in [0.3, 0.4) is 0 Å². The Morgan fingerprint density at radius 3 is 1.45 bits per heavy atom. The molecule has 0 bridgehead atoms. The predicted molar refractivity (Wildman–Crippen MR) is 216 cm³/mol. The molecule has 0 radical (unpaired) electrons. The Balaban J connectivity index is 1.06. The molecule has 0 aliphatic carbocycles. The van der Waals surface area contributed by atoms with Crippen LogP contribution < -0.4 is 0 Å². The van der Waals surface area contributed by atoms with Crippen molar-refractivity contribution in [3.63, 3.8) is 0 Å². The van der Waals surface area contributed by atoms with Crippen molar-refractivity contribution < 1.29 is 0 Å². The van der Waals surface area contributed by atoms with Crippen LogP contribution in [-0.4, -0.2) is 19.5 Å². The van der Waals surface area contributed by atoms with Crippen LogP contribution in [0.25, 0.3) is 102 Å². The lowest BCUT2D eigenvalue weighted by Gasteiger charge is -2.08. The maximum atomic E-state index is 4.98. The second-order valence-electron chi connectivity index (χ2n) is 12.8. The smallest absolute Gasteiger partial charge is 0.164 e. The van der Waals surface area contributed by atoms with E-state index in [1.54, 1.807) is 0 Å². The quantitative estimate of drug-likeness (QED) is 0.185. The molecule has 51 heavy (non-hydrogen) atoms. The highest BCUT2D eigenvalue weighted by Gasteiger charge is 2.17. The molecule has 6 heteroatoms. The van der Waals surface area contributed by atoms with Crippen LogP contribution in [0.1, 0.15) is 0 Å². The summed E-state index contributed by atoms with van der Waals surface area (Å²) in [6.45, 7) is 0. The molecule has 0 aliphatic rings. The van der Waals surface area contributed by atoms with Gasteiger partial charge in [0.1, 0.15) is 0 Å². The molecule has 4 heterocycles. The molecule has 0 aliphatic heterocycles. The largest absolute Gasteiger partial charge is 0.309 e. The minimum absolute atomic E-state index is 0.670. The molecule has 4 aromatic heterocycles. The first-order valence-electron chi connectivity index (χ1n) is 16.9. The van der Waals surface area contributed by atoms with Crippen molar-refractivity contribution in [2.45, 2.75) is 0 Å². The molecule has 0 atom stereocenters. The van der Waals surface area contributed by atoms with Gasteiger partial charge < -0.3 is 4.57 Å². The number of rotatable bonds is 4. The first-order chi connectivity index (χ1) is 25.2. The summed E-state index contributed by atoms with van der Waals surface area (Å²) in [5.74, 6) is 2.01. The van der Waals surface area contributed by atoms with Crippen molar-refractivity contribution in [2.75, 3.05) is 0 Å². The van der Waals surface area contributed by atoms with Gasteiger partial charge in [-0.25, -0.2) is 15.0 Å². The Morgan fingerprint density at radius 1 is 0.333 bits per heavy atom. The molecular formula is C45H26N4S2. The molecule has 0 spiro atoms. The molecule has 11 rings (SSSR count). The van der Waals surface area contributed by atoms with Gasteiger partial charge in [0.25, 0.3) is 0 Å². The van der Waals surface area contributed by atoms with Gasteiger partial charge in [0.05, 0.1) is 11.0 Å². The van der Waals surface area contributed by atoms with E-state index in [2.05, 4.69) is 102 Å². The zero-order valence-corrected chi connectivity index (χ0v) is 28.7. The van der Waals surface area contributed by atoms with Crippen LogP contribution in [0.4, 0.5) is 0 Å². The zero-order chi connectivity index (χ0) is 33.5. The van der Waals surface area contributed by atoms with Crippen molar-refractivity contribution in [3.8, 4) is 39.9 Å². The van der Waals surface area contributed by atoms with Gasteiger partial charge >= 0.3 is 0 Å². The van der Waals surface area contributed by atoms with Gasteiger partial charge in [0, 0.05) is 73.5 Å². The van der Waals surface area contributed by atoms with E-state index in [1.807, 2.05) is 83.3 Å². The van der Waals surface area contributed by atoms with Crippen molar-refractivity contribution >= 4 is 84.8 Å². The predicted octanol–water partition coefficient (Wildman–Crippen LogP) is 12.7. The second-order valence-corrected chi connectivity index (χ2v) is 15.0. The summed E-state index contributed by atoms with van der Waals surface area (Å²) in [5.41, 5.74) is 6.55.